The highest BCUT2D eigenvalue weighted by Gasteiger charge is 2.48. The molecule has 0 radical (unpaired) electrons. The molecule has 0 aliphatic carbocycles. The van der Waals surface area contributed by atoms with E-state index in [4.69, 9.17) is 14.6 Å². The Morgan fingerprint density at radius 1 is 1.30 bits per heavy atom. The van der Waals surface area contributed by atoms with E-state index in [-0.39, 0.29) is 0 Å². The Morgan fingerprint density at radius 2 is 2.00 bits per heavy atom. The molecule has 1 saturated heterocycles. The Hall–Kier alpha value is -1.14. The van der Waals surface area contributed by atoms with Crippen molar-refractivity contribution in [2.45, 2.75) is 35.1 Å². The van der Waals surface area contributed by atoms with E-state index < -0.39 is 36.7 Å². The summed E-state index contributed by atoms with van der Waals surface area (Å²) in [6, 6.07) is 5.32. The van der Waals surface area contributed by atoms with Crippen LogP contribution in [0.3, 0.4) is 0 Å². The number of rotatable bonds is 5. The number of aliphatic hydroxyl groups is 3. The van der Waals surface area contributed by atoms with E-state index in [0.29, 0.717) is 11.4 Å². The lowest BCUT2D eigenvalue weighted by atomic mass is 9.99. The van der Waals surface area contributed by atoms with Crippen LogP contribution >= 0.6 is 22.6 Å². The number of nitrogens with one attached hydrogen (secondary N) is 1. The zero-order valence-corrected chi connectivity index (χ0v) is 14.4. The number of benzene rings is 1. The number of aliphatic hydroxyl groups excluding tert-OH is 3. The zero-order valence-electron chi connectivity index (χ0n) is 12.2. The second-order valence-electron chi connectivity index (χ2n) is 5.07. The van der Waals surface area contributed by atoms with Crippen LogP contribution in [0.25, 0.3) is 0 Å². The van der Waals surface area contributed by atoms with Gasteiger partial charge in [0.2, 0.25) is 6.29 Å². The lowest BCUT2D eigenvalue weighted by Crippen LogP contribution is -2.61. The van der Waals surface area contributed by atoms with Gasteiger partial charge in [0.15, 0.2) is 6.10 Å². The fraction of sp³-hybridized carbons (Fsp3) is 0.500. The summed E-state index contributed by atoms with van der Waals surface area (Å²) in [5.41, 5.74) is 1.67. The number of hydrogen-bond acceptors (Lipinski definition) is 7. The van der Waals surface area contributed by atoms with Gasteiger partial charge in [0.1, 0.15) is 24.1 Å². The molecule has 5 atom stereocenters. The van der Waals surface area contributed by atoms with E-state index in [0.717, 1.165) is 9.99 Å². The van der Waals surface area contributed by atoms with E-state index >= 15 is 0 Å². The summed E-state index contributed by atoms with van der Waals surface area (Å²) >= 11 is 2.21. The van der Waals surface area contributed by atoms with Crippen LogP contribution in [-0.4, -0.2) is 64.1 Å². The number of aliphatic carboxylic acids is 1. The molecule has 1 fully saturated rings. The summed E-state index contributed by atoms with van der Waals surface area (Å²) in [6.45, 7) is 0. The van der Waals surface area contributed by atoms with Crippen LogP contribution in [0.1, 0.15) is 5.56 Å². The minimum absolute atomic E-state index is 0.331. The van der Waals surface area contributed by atoms with Crippen LogP contribution in [0, 0.1) is 0 Å². The standard InChI is InChI=1S/C14H18INO7/c1-16-7-4-6(5-15)2-3-8(7)22-14-11(19)9(17)10(18)12(23-14)13(20)21/h2-4,9-12,14,16-19H,5H2,1H3,(H,20,21). The summed E-state index contributed by atoms with van der Waals surface area (Å²) in [6.07, 6.45) is -8.14. The fourth-order valence-corrected chi connectivity index (χ4v) is 2.71. The maximum atomic E-state index is 11.1. The summed E-state index contributed by atoms with van der Waals surface area (Å²) in [5, 5.41) is 41.3. The van der Waals surface area contributed by atoms with E-state index in [1.807, 2.05) is 12.1 Å². The van der Waals surface area contributed by atoms with Gasteiger partial charge in [0, 0.05) is 11.5 Å². The van der Waals surface area contributed by atoms with Crippen molar-refractivity contribution < 1.29 is 34.7 Å². The van der Waals surface area contributed by atoms with Gasteiger partial charge in [-0.05, 0) is 17.7 Å². The van der Waals surface area contributed by atoms with Gasteiger partial charge in [0.25, 0.3) is 0 Å². The Balaban J connectivity index is 2.22. The maximum Gasteiger partial charge on any atom is 0.335 e. The molecule has 1 aromatic rings. The SMILES string of the molecule is CNc1cc(CI)ccc1OC1OC(C(=O)O)C(O)C(O)C1O. The molecule has 128 valence electrons. The van der Waals surface area contributed by atoms with Gasteiger partial charge in [-0.3, -0.25) is 0 Å². The van der Waals surface area contributed by atoms with Crippen molar-refractivity contribution in [3.8, 4) is 5.75 Å². The molecule has 0 bridgehead atoms. The molecule has 9 heteroatoms. The van der Waals surface area contributed by atoms with Crippen LogP contribution in [-0.2, 0) is 14.0 Å². The van der Waals surface area contributed by atoms with Gasteiger partial charge >= 0.3 is 5.97 Å². The third-order valence-electron chi connectivity index (χ3n) is 3.52. The Morgan fingerprint density at radius 3 is 2.57 bits per heavy atom. The maximum absolute atomic E-state index is 11.1. The molecule has 0 aromatic heterocycles. The minimum Gasteiger partial charge on any atom is -0.479 e. The minimum atomic E-state index is -1.74. The second-order valence-corrected chi connectivity index (χ2v) is 5.83. The Kier molecular flexibility index (Phi) is 6.03. The van der Waals surface area contributed by atoms with Crippen molar-refractivity contribution in [1.29, 1.82) is 0 Å². The summed E-state index contributed by atoms with van der Waals surface area (Å²) in [5.74, 6) is -1.12. The van der Waals surface area contributed by atoms with Crippen molar-refractivity contribution in [2.24, 2.45) is 0 Å². The Labute approximate surface area is 146 Å². The average molecular weight is 439 g/mol. The van der Waals surface area contributed by atoms with Crippen molar-refractivity contribution in [2.75, 3.05) is 12.4 Å². The third kappa shape index (κ3) is 3.86. The lowest BCUT2D eigenvalue weighted by molar-refractivity contribution is -0.271. The molecule has 0 saturated carbocycles. The first kappa shape index (κ1) is 18.2. The summed E-state index contributed by atoms with van der Waals surface area (Å²) in [4.78, 5) is 11.1. The molecule has 1 aliphatic rings. The van der Waals surface area contributed by atoms with Crippen LogP contribution < -0.4 is 10.1 Å². The van der Waals surface area contributed by atoms with Crippen molar-refractivity contribution >= 4 is 34.2 Å². The number of carboxylic acid groups (broad SMARTS) is 1. The molecule has 23 heavy (non-hydrogen) atoms. The van der Waals surface area contributed by atoms with Crippen molar-refractivity contribution in [3.05, 3.63) is 23.8 Å². The van der Waals surface area contributed by atoms with Gasteiger partial charge in [-0.25, -0.2) is 4.79 Å². The van der Waals surface area contributed by atoms with Crippen molar-refractivity contribution in [1.82, 2.24) is 0 Å². The van der Waals surface area contributed by atoms with Gasteiger partial charge in [-0.2, -0.15) is 0 Å². The number of carboxylic acids is 1. The predicted octanol–water partition coefficient (Wildman–Crippen LogP) is -0.0657. The number of alkyl halides is 1. The van der Waals surface area contributed by atoms with Crippen LogP contribution in [0.4, 0.5) is 5.69 Å². The van der Waals surface area contributed by atoms with Gasteiger partial charge < -0.3 is 35.2 Å². The second kappa shape index (κ2) is 7.62. The average Bonchev–Trinajstić information content (AvgIpc) is 2.55. The lowest BCUT2D eigenvalue weighted by Gasteiger charge is -2.38. The van der Waals surface area contributed by atoms with Crippen molar-refractivity contribution in [3.63, 3.8) is 0 Å². The molecule has 1 aromatic carbocycles. The molecule has 1 aliphatic heterocycles. The molecular formula is C14H18INO7. The molecule has 0 spiro atoms. The molecule has 2 rings (SSSR count). The van der Waals surface area contributed by atoms with Crippen LogP contribution in [0.15, 0.2) is 18.2 Å². The first-order valence-corrected chi connectivity index (χ1v) is 8.37. The number of ether oxygens (including phenoxy) is 2. The predicted molar refractivity (Wildman–Crippen MR) is 88.7 cm³/mol. The highest BCUT2D eigenvalue weighted by Crippen LogP contribution is 2.30. The van der Waals surface area contributed by atoms with Gasteiger partial charge in [-0.15, -0.1) is 0 Å². The summed E-state index contributed by atoms with van der Waals surface area (Å²) < 4.78 is 11.4. The van der Waals surface area contributed by atoms with Gasteiger partial charge in [-0.1, -0.05) is 28.7 Å². The van der Waals surface area contributed by atoms with E-state index in [2.05, 4.69) is 27.9 Å². The molecule has 0 amide bonds. The molecule has 5 unspecified atom stereocenters. The first-order valence-electron chi connectivity index (χ1n) is 6.84. The van der Waals surface area contributed by atoms with E-state index in [1.165, 1.54) is 0 Å². The number of carbonyl (C=O) groups is 1. The van der Waals surface area contributed by atoms with Crippen LogP contribution in [0.2, 0.25) is 0 Å². The first-order chi connectivity index (χ1) is 10.9. The molecule has 8 nitrogen and oxygen atoms in total. The smallest absolute Gasteiger partial charge is 0.335 e. The number of halogens is 1. The Bertz CT molecular complexity index is 570. The normalized spacial score (nSPS) is 30.7. The third-order valence-corrected chi connectivity index (χ3v) is 4.40. The van der Waals surface area contributed by atoms with E-state index in [1.54, 1.807) is 13.1 Å². The van der Waals surface area contributed by atoms with Crippen LogP contribution in [0.5, 0.6) is 5.75 Å². The fourth-order valence-electron chi connectivity index (χ4n) is 2.23. The largest absolute Gasteiger partial charge is 0.479 e. The number of anilines is 1. The molecule has 1 heterocycles. The highest BCUT2D eigenvalue weighted by molar-refractivity contribution is 14.1. The van der Waals surface area contributed by atoms with Gasteiger partial charge in [0.05, 0.1) is 5.69 Å². The summed E-state index contributed by atoms with van der Waals surface area (Å²) in [7, 11) is 1.69. The molecular weight excluding hydrogens is 421 g/mol. The monoisotopic (exact) mass is 439 g/mol. The molecule has 5 N–H and O–H groups in total. The zero-order chi connectivity index (χ0) is 17.1. The quantitative estimate of drug-likeness (QED) is 0.319. The number of hydrogen-bond donors (Lipinski definition) is 5. The van der Waals surface area contributed by atoms with E-state index in [9.17, 15) is 20.1 Å². The topological polar surface area (TPSA) is 128 Å². The highest BCUT2D eigenvalue weighted by atomic mass is 127.